The highest BCUT2D eigenvalue weighted by atomic mass is 15.3. The summed E-state index contributed by atoms with van der Waals surface area (Å²) >= 11 is 0. The van der Waals surface area contributed by atoms with E-state index in [0.717, 1.165) is 24.1 Å². The summed E-state index contributed by atoms with van der Waals surface area (Å²) in [5, 5.41) is 8.01. The Labute approximate surface area is 117 Å². The van der Waals surface area contributed by atoms with Crippen LogP contribution in [0.1, 0.15) is 29.2 Å². The van der Waals surface area contributed by atoms with E-state index in [-0.39, 0.29) is 5.96 Å². The maximum absolute atomic E-state index is 5.36. The number of fused-ring (bicyclic) bond motifs is 1. The molecule has 0 amide bonds. The Hall–Kier alpha value is -2.56. The van der Waals surface area contributed by atoms with Crippen LogP contribution in [0.3, 0.4) is 0 Å². The predicted molar refractivity (Wildman–Crippen MR) is 80.6 cm³/mol. The lowest BCUT2D eigenvalue weighted by atomic mass is 9.82. The van der Waals surface area contributed by atoms with Gasteiger partial charge in [0.15, 0.2) is 0 Å². The first-order chi connectivity index (χ1) is 9.74. The van der Waals surface area contributed by atoms with Gasteiger partial charge >= 0.3 is 0 Å². The van der Waals surface area contributed by atoms with Crippen molar-refractivity contribution in [2.45, 2.75) is 18.8 Å². The molecule has 0 radical (unpaired) electrons. The van der Waals surface area contributed by atoms with Crippen LogP contribution in [-0.2, 0) is 6.42 Å². The number of hydrogen-bond acceptors (Lipinski definition) is 2. The zero-order valence-electron chi connectivity index (χ0n) is 11.1. The number of H-pyrrole nitrogens is 1. The predicted octanol–water partition coefficient (Wildman–Crippen LogP) is 1.72. The fourth-order valence-electron chi connectivity index (χ4n) is 2.68. The molecule has 0 saturated carbocycles. The zero-order chi connectivity index (χ0) is 13.9. The first kappa shape index (κ1) is 12.5. The molecule has 0 aliphatic heterocycles. The molecule has 1 atom stereocenters. The second-order valence-corrected chi connectivity index (χ2v) is 4.96. The Kier molecular flexibility index (Phi) is 3.25. The van der Waals surface area contributed by atoms with Gasteiger partial charge in [0.25, 0.3) is 0 Å². The van der Waals surface area contributed by atoms with E-state index in [9.17, 15) is 0 Å². The van der Waals surface area contributed by atoms with Crippen LogP contribution < -0.4 is 11.5 Å². The Morgan fingerprint density at radius 1 is 1.10 bits per heavy atom. The van der Waals surface area contributed by atoms with Gasteiger partial charge in [0, 0.05) is 17.5 Å². The lowest BCUT2D eigenvalue weighted by Gasteiger charge is -2.23. The number of nitrogens with zero attached hydrogens (tertiary/aromatic N) is 2. The van der Waals surface area contributed by atoms with Gasteiger partial charge < -0.3 is 16.5 Å². The molecule has 102 valence electrons. The molecular formula is C15H17N5. The van der Waals surface area contributed by atoms with E-state index >= 15 is 0 Å². The minimum Gasteiger partial charge on any atom is -0.369 e. The molecule has 1 aromatic carbocycles. The summed E-state index contributed by atoms with van der Waals surface area (Å²) < 4.78 is 0. The Bertz CT molecular complexity index is 650. The van der Waals surface area contributed by atoms with Crippen LogP contribution in [0.25, 0.3) is 0 Å². The fourth-order valence-corrected chi connectivity index (χ4v) is 2.68. The van der Waals surface area contributed by atoms with Crippen molar-refractivity contribution in [3.05, 3.63) is 59.4 Å². The van der Waals surface area contributed by atoms with Gasteiger partial charge in [-0.2, -0.15) is 5.10 Å². The number of aromatic amines is 1. The second kappa shape index (κ2) is 5.21. The van der Waals surface area contributed by atoms with Crippen molar-refractivity contribution in [2.24, 2.45) is 21.7 Å². The Balaban J connectivity index is 1.97. The molecule has 0 spiro atoms. The lowest BCUT2D eigenvalue weighted by molar-refractivity contribution is 0.684. The average molecular weight is 267 g/mol. The van der Waals surface area contributed by atoms with Crippen LogP contribution in [0.5, 0.6) is 0 Å². The minimum atomic E-state index is -0.0172. The highest BCUT2D eigenvalue weighted by Crippen LogP contribution is 2.32. The number of benzene rings is 1. The van der Waals surface area contributed by atoms with Gasteiger partial charge in [-0.05, 0) is 30.4 Å². The van der Waals surface area contributed by atoms with Crippen LogP contribution in [0.15, 0.2) is 52.8 Å². The maximum Gasteiger partial charge on any atom is 0.211 e. The van der Waals surface area contributed by atoms with Crippen molar-refractivity contribution in [1.29, 1.82) is 0 Å². The fraction of sp³-hybridized carbons (Fsp3) is 0.200. The van der Waals surface area contributed by atoms with Gasteiger partial charge in [-0.25, -0.2) is 0 Å². The first-order valence-electron chi connectivity index (χ1n) is 6.61. The zero-order valence-corrected chi connectivity index (χ0v) is 11.1. The molecule has 0 saturated heterocycles. The summed E-state index contributed by atoms with van der Waals surface area (Å²) in [4.78, 5) is 3.28. The van der Waals surface area contributed by atoms with Crippen molar-refractivity contribution in [3.63, 3.8) is 0 Å². The van der Waals surface area contributed by atoms with Gasteiger partial charge in [0.05, 0.1) is 5.71 Å². The SMILES string of the molecule is NC(N)=N/N=C1\CC(c2ccccc2)Cc2[nH]ccc21. The largest absolute Gasteiger partial charge is 0.369 e. The van der Waals surface area contributed by atoms with Crippen molar-refractivity contribution in [2.75, 3.05) is 0 Å². The molecule has 5 nitrogen and oxygen atoms in total. The summed E-state index contributed by atoms with van der Waals surface area (Å²) in [7, 11) is 0. The van der Waals surface area contributed by atoms with Crippen LogP contribution >= 0.6 is 0 Å². The summed E-state index contributed by atoms with van der Waals surface area (Å²) in [5.74, 6) is 0.381. The molecule has 0 fully saturated rings. The quantitative estimate of drug-likeness (QED) is 0.439. The molecule has 2 aromatic rings. The van der Waals surface area contributed by atoms with Gasteiger partial charge in [-0.15, -0.1) is 5.10 Å². The number of rotatable bonds is 2. The normalized spacial score (nSPS) is 19.6. The van der Waals surface area contributed by atoms with Gasteiger partial charge in [-0.3, -0.25) is 0 Å². The highest BCUT2D eigenvalue weighted by Gasteiger charge is 2.25. The smallest absolute Gasteiger partial charge is 0.211 e. The molecular weight excluding hydrogens is 250 g/mol. The molecule has 20 heavy (non-hydrogen) atoms. The third-order valence-electron chi connectivity index (χ3n) is 3.59. The third kappa shape index (κ3) is 2.42. The topological polar surface area (TPSA) is 92.6 Å². The molecule has 3 rings (SSSR count). The number of nitrogens with one attached hydrogen (secondary N) is 1. The minimum absolute atomic E-state index is 0.0172. The summed E-state index contributed by atoms with van der Waals surface area (Å²) in [6, 6.07) is 12.5. The van der Waals surface area contributed by atoms with E-state index in [1.54, 1.807) is 0 Å². The summed E-state index contributed by atoms with van der Waals surface area (Å²) in [5.41, 5.74) is 15.3. The van der Waals surface area contributed by atoms with Crippen molar-refractivity contribution < 1.29 is 0 Å². The van der Waals surface area contributed by atoms with E-state index in [2.05, 4.69) is 39.5 Å². The first-order valence-corrected chi connectivity index (χ1v) is 6.61. The molecule has 1 aromatic heterocycles. The molecule has 0 bridgehead atoms. The molecule has 1 unspecified atom stereocenters. The Morgan fingerprint density at radius 3 is 2.65 bits per heavy atom. The number of guanidine groups is 1. The second-order valence-electron chi connectivity index (χ2n) is 4.96. The molecule has 1 heterocycles. The van der Waals surface area contributed by atoms with E-state index in [1.807, 2.05) is 18.3 Å². The molecule has 1 aliphatic carbocycles. The van der Waals surface area contributed by atoms with Gasteiger partial charge in [0.2, 0.25) is 5.96 Å². The third-order valence-corrected chi connectivity index (χ3v) is 3.59. The van der Waals surface area contributed by atoms with Gasteiger partial charge in [-0.1, -0.05) is 30.3 Å². The number of nitrogens with two attached hydrogens (primary N) is 2. The standard InChI is InChI=1S/C15H17N5/c16-15(17)20-19-14-9-11(10-4-2-1-3-5-10)8-13-12(14)6-7-18-13/h1-7,11,18H,8-9H2,(H4,16,17,20)/b19-14+. The average Bonchev–Trinajstić information content (AvgIpc) is 2.94. The van der Waals surface area contributed by atoms with E-state index in [1.165, 1.54) is 11.3 Å². The number of hydrogen-bond donors (Lipinski definition) is 3. The van der Waals surface area contributed by atoms with Crippen LogP contribution in [0, 0.1) is 0 Å². The molecule has 5 N–H and O–H groups in total. The van der Waals surface area contributed by atoms with Crippen LogP contribution in [0.4, 0.5) is 0 Å². The van der Waals surface area contributed by atoms with Crippen molar-refractivity contribution >= 4 is 11.7 Å². The summed E-state index contributed by atoms with van der Waals surface area (Å²) in [6.45, 7) is 0. The van der Waals surface area contributed by atoms with E-state index in [0.29, 0.717) is 5.92 Å². The van der Waals surface area contributed by atoms with E-state index < -0.39 is 0 Å². The van der Waals surface area contributed by atoms with Crippen molar-refractivity contribution in [3.8, 4) is 0 Å². The molecule has 5 heteroatoms. The monoisotopic (exact) mass is 267 g/mol. The summed E-state index contributed by atoms with van der Waals surface area (Å²) in [6.07, 6.45) is 3.75. The van der Waals surface area contributed by atoms with Crippen LogP contribution in [-0.4, -0.2) is 16.7 Å². The maximum atomic E-state index is 5.36. The van der Waals surface area contributed by atoms with Gasteiger partial charge in [0.1, 0.15) is 0 Å². The highest BCUT2D eigenvalue weighted by molar-refractivity contribution is 6.03. The molecule has 1 aliphatic rings. The number of aromatic nitrogens is 1. The van der Waals surface area contributed by atoms with Crippen molar-refractivity contribution in [1.82, 2.24) is 4.98 Å². The lowest BCUT2D eigenvalue weighted by Crippen LogP contribution is -2.23. The Morgan fingerprint density at radius 2 is 1.90 bits per heavy atom. The van der Waals surface area contributed by atoms with E-state index in [4.69, 9.17) is 11.5 Å². The van der Waals surface area contributed by atoms with Crippen LogP contribution in [0.2, 0.25) is 0 Å².